The average Bonchev–Trinajstić information content (AvgIpc) is 3.43. The van der Waals surface area contributed by atoms with Crippen molar-refractivity contribution < 1.29 is 27.1 Å². The summed E-state index contributed by atoms with van der Waals surface area (Å²) in [6.07, 6.45) is -2.56. The topological polar surface area (TPSA) is 50.4 Å². The van der Waals surface area contributed by atoms with Crippen LogP contribution >= 0.6 is 0 Å². The average molecular weight is 382 g/mol. The van der Waals surface area contributed by atoms with Gasteiger partial charge in [-0.2, -0.15) is 13.2 Å². The second kappa shape index (κ2) is 7.85. The third-order valence-corrected chi connectivity index (χ3v) is 3.96. The van der Waals surface area contributed by atoms with Crippen LogP contribution in [0.5, 0.6) is 5.75 Å². The van der Waals surface area contributed by atoms with Gasteiger partial charge in [-0.25, -0.2) is 4.39 Å². The molecular weight excluding hydrogens is 364 g/mol. The molecule has 1 fully saturated rings. The van der Waals surface area contributed by atoms with Crippen molar-refractivity contribution in [2.75, 3.05) is 11.9 Å². The Morgan fingerprint density at radius 2 is 1.70 bits per heavy atom. The second-order valence-corrected chi connectivity index (χ2v) is 6.34. The number of amides is 1. The fraction of sp³-hybridized carbons (Fsp3) is 0.316. The smallest absolute Gasteiger partial charge is 0.422 e. The number of hydrogen-bond acceptors (Lipinski definition) is 3. The first-order chi connectivity index (χ1) is 12.8. The van der Waals surface area contributed by atoms with E-state index < -0.39 is 24.6 Å². The van der Waals surface area contributed by atoms with Gasteiger partial charge in [0.05, 0.1) is 0 Å². The van der Waals surface area contributed by atoms with Gasteiger partial charge >= 0.3 is 6.18 Å². The lowest BCUT2D eigenvalue weighted by molar-refractivity contribution is -0.153. The quantitative estimate of drug-likeness (QED) is 0.706. The Hall–Kier alpha value is -2.77. The van der Waals surface area contributed by atoms with Crippen LogP contribution in [-0.2, 0) is 4.79 Å². The minimum Gasteiger partial charge on any atom is -0.484 e. The van der Waals surface area contributed by atoms with Crippen molar-refractivity contribution in [1.29, 1.82) is 0 Å². The zero-order chi connectivity index (χ0) is 19.4. The van der Waals surface area contributed by atoms with Crippen LogP contribution in [0.1, 0.15) is 24.4 Å². The maximum Gasteiger partial charge on any atom is 0.422 e. The largest absolute Gasteiger partial charge is 0.484 e. The predicted molar refractivity (Wildman–Crippen MR) is 91.9 cm³/mol. The van der Waals surface area contributed by atoms with Gasteiger partial charge < -0.3 is 15.4 Å². The first-order valence-corrected chi connectivity index (χ1v) is 8.42. The molecule has 0 unspecified atom stereocenters. The van der Waals surface area contributed by atoms with Gasteiger partial charge in [-0.3, -0.25) is 4.79 Å². The van der Waals surface area contributed by atoms with Crippen molar-refractivity contribution in [1.82, 2.24) is 5.32 Å². The van der Waals surface area contributed by atoms with E-state index >= 15 is 0 Å². The van der Waals surface area contributed by atoms with Crippen LogP contribution in [0.25, 0.3) is 0 Å². The zero-order valence-electron chi connectivity index (χ0n) is 14.2. The summed E-state index contributed by atoms with van der Waals surface area (Å²) in [4.78, 5) is 12.5. The molecule has 0 radical (unpaired) electrons. The zero-order valence-corrected chi connectivity index (χ0v) is 14.2. The Labute approximate surface area is 153 Å². The summed E-state index contributed by atoms with van der Waals surface area (Å²) in [7, 11) is 0. The maximum atomic E-state index is 13.2. The number of nitrogens with one attached hydrogen (secondary N) is 2. The Morgan fingerprint density at radius 1 is 1.07 bits per heavy atom. The molecule has 2 aromatic carbocycles. The minimum atomic E-state index is -4.41. The van der Waals surface area contributed by atoms with Crippen LogP contribution in [0.3, 0.4) is 0 Å². The third kappa shape index (κ3) is 5.87. The Bertz CT molecular complexity index is 772. The predicted octanol–water partition coefficient (Wildman–Crippen LogP) is 4.20. The van der Waals surface area contributed by atoms with Gasteiger partial charge in [-0.05, 0) is 54.8 Å². The highest BCUT2D eigenvalue weighted by molar-refractivity contribution is 5.86. The van der Waals surface area contributed by atoms with Gasteiger partial charge in [0.1, 0.15) is 17.6 Å². The molecule has 1 atom stereocenters. The van der Waals surface area contributed by atoms with Gasteiger partial charge in [-0.1, -0.05) is 12.1 Å². The molecule has 0 bridgehead atoms. The van der Waals surface area contributed by atoms with E-state index in [1.54, 1.807) is 0 Å². The molecular formula is C19H18F4N2O2. The van der Waals surface area contributed by atoms with Crippen molar-refractivity contribution >= 4 is 11.6 Å². The number of ether oxygens (including phenoxy) is 1. The van der Waals surface area contributed by atoms with E-state index in [1.807, 2.05) is 0 Å². The molecule has 8 heteroatoms. The van der Waals surface area contributed by atoms with Crippen LogP contribution in [0, 0.1) is 5.82 Å². The van der Waals surface area contributed by atoms with Crippen LogP contribution < -0.4 is 15.4 Å². The summed E-state index contributed by atoms with van der Waals surface area (Å²) in [5.74, 6) is -0.591. The van der Waals surface area contributed by atoms with E-state index in [9.17, 15) is 22.4 Å². The summed E-state index contributed by atoms with van der Waals surface area (Å²) in [5, 5.41) is 5.93. The second-order valence-electron chi connectivity index (χ2n) is 6.34. The SMILES string of the molecule is O=C(NC1CC1)[C@@H](Nc1ccc(OCC(F)(F)F)cc1)c1ccc(F)cc1. The summed E-state index contributed by atoms with van der Waals surface area (Å²) in [5.41, 5.74) is 1.10. The van der Waals surface area contributed by atoms with E-state index in [0.29, 0.717) is 11.3 Å². The number of hydrogen-bond donors (Lipinski definition) is 2. The van der Waals surface area contributed by atoms with Crippen molar-refractivity contribution in [2.24, 2.45) is 0 Å². The van der Waals surface area contributed by atoms with Gasteiger partial charge in [-0.15, -0.1) is 0 Å². The molecule has 0 spiro atoms. The van der Waals surface area contributed by atoms with Gasteiger partial charge in [0, 0.05) is 11.7 Å². The highest BCUT2D eigenvalue weighted by Crippen LogP contribution is 2.26. The maximum absolute atomic E-state index is 13.2. The van der Waals surface area contributed by atoms with Gasteiger partial charge in [0.25, 0.3) is 0 Å². The molecule has 1 aliphatic carbocycles. The lowest BCUT2D eigenvalue weighted by Gasteiger charge is -2.20. The molecule has 3 rings (SSSR count). The van der Waals surface area contributed by atoms with Crippen LogP contribution in [0.15, 0.2) is 48.5 Å². The summed E-state index contributed by atoms with van der Waals surface area (Å²) < 4.78 is 54.4. The van der Waals surface area contributed by atoms with Gasteiger partial charge in [0.2, 0.25) is 5.91 Å². The van der Waals surface area contributed by atoms with Gasteiger partial charge in [0.15, 0.2) is 6.61 Å². The van der Waals surface area contributed by atoms with E-state index in [1.165, 1.54) is 48.5 Å². The standard InChI is InChI=1S/C19H18F4N2O2/c20-13-3-1-12(2-4-13)17(18(26)25-15-5-6-15)24-14-7-9-16(10-8-14)27-11-19(21,22)23/h1-4,7-10,15,17,24H,5-6,11H2,(H,25,26)/t17-/m0/s1. The molecule has 0 saturated heterocycles. The van der Waals surface area contributed by atoms with E-state index in [4.69, 9.17) is 0 Å². The number of rotatable bonds is 7. The van der Waals surface area contributed by atoms with Crippen molar-refractivity contribution in [3.8, 4) is 5.75 Å². The van der Waals surface area contributed by atoms with Crippen LogP contribution in [0.2, 0.25) is 0 Å². The lowest BCUT2D eigenvalue weighted by atomic mass is 10.1. The number of carbonyl (C=O) groups is 1. The van der Waals surface area contributed by atoms with Crippen LogP contribution in [0.4, 0.5) is 23.2 Å². The van der Waals surface area contributed by atoms with Crippen LogP contribution in [-0.4, -0.2) is 24.7 Å². The minimum absolute atomic E-state index is 0.0682. The summed E-state index contributed by atoms with van der Waals surface area (Å²) in [6.45, 7) is -1.37. The van der Waals surface area contributed by atoms with Crippen molar-refractivity contribution in [3.63, 3.8) is 0 Å². The van der Waals surface area contributed by atoms with E-state index in [2.05, 4.69) is 15.4 Å². The van der Waals surface area contributed by atoms with Crippen molar-refractivity contribution in [3.05, 3.63) is 59.9 Å². The Balaban J connectivity index is 1.71. The summed E-state index contributed by atoms with van der Waals surface area (Å²) in [6, 6.07) is 10.8. The Kier molecular flexibility index (Phi) is 5.53. The van der Waals surface area contributed by atoms with E-state index in [-0.39, 0.29) is 17.7 Å². The molecule has 1 amide bonds. The molecule has 144 valence electrons. The fourth-order valence-corrected chi connectivity index (χ4v) is 2.45. The first kappa shape index (κ1) is 19.0. The van der Waals surface area contributed by atoms with E-state index in [0.717, 1.165) is 12.8 Å². The Morgan fingerprint density at radius 3 is 2.26 bits per heavy atom. The highest BCUT2D eigenvalue weighted by Gasteiger charge is 2.29. The third-order valence-electron chi connectivity index (χ3n) is 3.96. The number of carbonyl (C=O) groups excluding carboxylic acids is 1. The normalized spacial score (nSPS) is 15.1. The number of benzene rings is 2. The first-order valence-electron chi connectivity index (χ1n) is 8.42. The highest BCUT2D eigenvalue weighted by atomic mass is 19.4. The summed E-state index contributed by atoms with van der Waals surface area (Å²) >= 11 is 0. The molecule has 2 N–H and O–H groups in total. The van der Waals surface area contributed by atoms with Crippen molar-refractivity contribution in [2.45, 2.75) is 31.1 Å². The molecule has 27 heavy (non-hydrogen) atoms. The molecule has 0 aliphatic heterocycles. The lowest BCUT2D eigenvalue weighted by Crippen LogP contribution is -2.34. The molecule has 1 saturated carbocycles. The number of halogens is 4. The number of anilines is 1. The molecule has 4 nitrogen and oxygen atoms in total. The molecule has 1 aliphatic rings. The monoisotopic (exact) mass is 382 g/mol. The molecule has 2 aromatic rings. The fourth-order valence-electron chi connectivity index (χ4n) is 2.45. The molecule has 0 heterocycles. The molecule has 0 aromatic heterocycles. The number of alkyl halides is 3.